The van der Waals surface area contributed by atoms with Gasteiger partial charge in [-0.1, -0.05) is 34.5 Å². The fourth-order valence-corrected chi connectivity index (χ4v) is 2.58. The molecule has 0 aliphatic rings. The van der Waals surface area contributed by atoms with Crippen LogP contribution in [-0.4, -0.2) is 19.8 Å². The largest absolute Gasteiger partial charge is 0.251 e. The van der Waals surface area contributed by atoms with Gasteiger partial charge in [0.2, 0.25) is 0 Å². The van der Waals surface area contributed by atoms with E-state index >= 15 is 0 Å². The van der Waals surface area contributed by atoms with Crippen LogP contribution in [-0.2, 0) is 13.5 Å². The number of alkyl halides is 1. The van der Waals surface area contributed by atoms with Gasteiger partial charge in [0.1, 0.15) is 0 Å². The summed E-state index contributed by atoms with van der Waals surface area (Å²) in [5.41, 5.74) is 1.17. The summed E-state index contributed by atoms with van der Waals surface area (Å²) in [5, 5.41) is 7.90. The summed E-state index contributed by atoms with van der Waals surface area (Å²) >= 11 is 7.06. The van der Waals surface area contributed by atoms with Crippen LogP contribution in [0.15, 0.2) is 4.60 Å². The standard InChI is InChI=1S/C9H15Br2N3/c1-3-4-7(10)5-6-8-9(11)12-13-14(8)2/h7H,3-6H2,1-2H3. The number of aromatic nitrogens is 3. The van der Waals surface area contributed by atoms with Crippen molar-refractivity contribution in [2.75, 3.05) is 0 Å². The van der Waals surface area contributed by atoms with Gasteiger partial charge in [-0.25, -0.2) is 0 Å². The maximum absolute atomic E-state index is 3.95. The first-order chi connectivity index (χ1) is 6.65. The molecule has 0 aliphatic carbocycles. The molecule has 1 atom stereocenters. The topological polar surface area (TPSA) is 30.7 Å². The van der Waals surface area contributed by atoms with Gasteiger partial charge in [-0.05, 0) is 35.2 Å². The van der Waals surface area contributed by atoms with Crippen LogP contribution in [0.1, 0.15) is 31.9 Å². The fourth-order valence-electron chi connectivity index (χ4n) is 1.37. The second-order valence-corrected chi connectivity index (χ2v) is 5.42. The summed E-state index contributed by atoms with van der Waals surface area (Å²) in [7, 11) is 1.93. The number of halogens is 2. The van der Waals surface area contributed by atoms with Crippen molar-refractivity contribution >= 4 is 31.9 Å². The summed E-state index contributed by atoms with van der Waals surface area (Å²) in [6, 6.07) is 0. The summed E-state index contributed by atoms with van der Waals surface area (Å²) in [6.07, 6.45) is 4.59. The Morgan fingerprint density at radius 3 is 2.64 bits per heavy atom. The summed E-state index contributed by atoms with van der Waals surface area (Å²) < 4.78 is 2.70. The number of hydrogen-bond donors (Lipinski definition) is 0. The van der Waals surface area contributed by atoms with Crippen LogP contribution >= 0.6 is 31.9 Å². The lowest BCUT2D eigenvalue weighted by Gasteiger charge is -2.07. The second kappa shape index (κ2) is 5.85. The summed E-state index contributed by atoms with van der Waals surface area (Å²) in [4.78, 5) is 0.606. The highest BCUT2D eigenvalue weighted by atomic mass is 79.9. The molecule has 0 amide bonds. The predicted molar refractivity (Wildman–Crippen MR) is 64.6 cm³/mol. The number of aryl methyl sites for hydroxylation is 1. The molecule has 14 heavy (non-hydrogen) atoms. The maximum Gasteiger partial charge on any atom is 0.151 e. The molecule has 5 heteroatoms. The Hall–Kier alpha value is 0.1000. The van der Waals surface area contributed by atoms with Gasteiger partial charge in [0.05, 0.1) is 5.69 Å². The van der Waals surface area contributed by atoms with Crippen LogP contribution < -0.4 is 0 Å². The minimum Gasteiger partial charge on any atom is -0.251 e. The van der Waals surface area contributed by atoms with Crippen LogP contribution in [0, 0.1) is 0 Å². The molecule has 80 valence electrons. The third kappa shape index (κ3) is 3.35. The van der Waals surface area contributed by atoms with Crippen LogP contribution in [0.3, 0.4) is 0 Å². The smallest absolute Gasteiger partial charge is 0.151 e. The molecule has 0 saturated carbocycles. The zero-order valence-electron chi connectivity index (χ0n) is 8.50. The van der Waals surface area contributed by atoms with Gasteiger partial charge in [-0.2, -0.15) is 0 Å². The van der Waals surface area contributed by atoms with E-state index < -0.39 is 0 Å². The van der Waals surface area contributed by atoms with Crippen molar-refractivity contribution in [1.82, 2.24) is 15.0 Å². The summed E-state index contributed by atoms with van der Waals surface area (Å²) in [5.74, 6) is 0. The first-order valence-corrected chi connectivity index (χ1v) is 6.54. The van der Waals surface area contributed by atoms with E-state index in [-0.39, 0.29) is 0 Å². The average molecular weight is 325 g/mol. The lowest BCUT2D eigenvalue weighted by Crippen LogP contribution is -2.04. The molecule has 0 bridgehead atoms. The van der Waals surface area contributed by atoms with Crippen LogP contribution in [0.25, 0.3) is 0 Å². The molecule has 0 aromatic carbocycles. The van der Waals surface area contributed by atoms with E-state index in [0.717, 1.165) is 17.4 Å². The van der Waals surface area contributed by atoms with Crippen molar-refractivity contribution in [2.45, 2.75) is 37.4 Å². The Morgan fingerprint density at radius 2 is 2.14 bits per heavy atom. The van der Waals surface area contributed by atoms with Crippen molar-refractivity contribution in [2.24, 2.45) is 7.05 Å². The van der Waals surface area contributed by atoms with Crippen LogP contribution in [0.2, 0.25) is 0 Å². The maximum atomic E-state index is 3.95. The molecule has 0 radical (unpaired) electrons. The predicted octanol–water partition coefficient (Wildman–Crippen LogP) is 3.07. The van der Waals surface area contributed by atoms with E-state index in [0.29, 0.717) is 4.83 Å². The van der Waals surface area contributed by atoms with Crippen molar-refractivity contribution in [3.63, 3.8) is 0 Å². The molecule has 0 spiro atoms. The molecular formula is C9H15Br2N3. The zero-order chi connectivity index (χ0) is 10.6. The van der Waals surface area contributed by atoms with E-state index in [1.165, 1.54) is 18.5 Å². The molecule has 1 heterocycles. The normalized spacial score (nSPS) is 13.1. The zero-order valence-corrected chi connectivity index (χ0v) is 11.7. The van der Waals surface area contributed by atoms with E-state index in [1.807, 2.05) is 11.7 Å². The third-order valence-electron chi connectivity index (χ3n) is 2.19. The number of hydrogen-bond acceptors (Lipinski definition) is 2. The number of rotatable bonds is 5. The van der Waals surface area contributed by atoms with Gasteiger partial charge >= 0.3 is 0 Å². The Balaban J connectivity index is 2.45. The van der Waals surface area contributed by atoms with E-state index in [9.17, 15) is 0 Å². The lowest BCUT2D eigenvalue weighted by molar-refractivity contribution is 0.636. The van der Waals surface area contributed by atoms with Crippen molar-refractivity contribution in [3.05, 3.63) is 10.3 Å². The van der Waals surface area contributed by atoms with Gasteiger partial charge in [-0.3, -0.25) is 4.68 Å². The molecule has 0 fully saturated rings. The van der Waals surface area contributed by atoms with Crippen LogP contribution in [0.4, 0.5) is 0 Å². The molecule has 0 saturated heterocycles. The van der Waals surface area contributed by atoms with Gasteiger partial charge in [-0.15, -0.1) is 5.10 Å². The highest BCUT2D eigenvalue weighted by Gasteiger charge is 2.10. The minimum atomic E-state index is 0.606. The Morgan fingerprint density at radius 1 is 1.43 bits per heavy atom. The molecule has 1 rings (SSSR count). The Labute approximate surface area is 102 Å². The average Bonchev–Trinajstić information content (AvgIpc) is 2.44. The first-order valence-electron chi connectivity index (χ1n) is 4.83. The highest BCUT2D eigenvalue weighted by Crippen LogP contribution is 2.19. The number of nitrogens with zero attached hydrogens (tertiary/aromatic N) is 3. The molecule has 3 nitrogen and oxygen atoms in total. The first kappa shape index (κ1) is 12.2. The van der Waals surface area contributed by atoms with E-state index in [1.54, 1.807) is 0 Å². The van der Waals surface area contributed by atoms with Crippen LogP contribution in [0.5, 0.6) is 0 Å². The van der Waals surface area contributed by atoms with E-state index in [2.05, 4.69) is 49.1 Å². The fraction of sp³-hybridized carbons (Fsp3) is 0.778. The monoisotopic (exact) mass is 323 g/mol. The third-order valence-corrected chi connectivity index (χ3v) is 3.72. The van der Waals surface area contributed by atoms with Gasteiger partial charge in [0.25, 0.3) is 0 Å². The van der Waals surface area contributed by atoms with Gasteiger partial charge < -0.3 is 0 Å². The van der Waals surface area contributed by atoms with Crippen molar-refractivity contribution < 1.29 is 0 Å². The minimum absolute atomic E-state index is 0.606. The van der Waals surface area contributed by atoms with E-state index in [4.69, 9.17) is 0 Å². The molecule has 1 aromatic rings. The quantitative estimate of drug-likeness (QED) is 0.779. The van der Waals surface area contributed by atoms with Crippen molar-refractivity contribution in [3.8, 4) is 0 Å². The Kier molecular flexibility index (Phi) is 5.09. The van der Waals surface area contributed by atoms with Gasteiger partial charge in [0, 0.05) is 11.9 Å². The lowest BCUT2D eigenvalue weighted by atomic mass is 10.1. The molecule has 0 N–H and O–H groups in total. The van der Waals surface area contributed by atoms with Gasteiger partial charge in [0.15, 0.2) is 4.60 Å². The molecule has 0 aliphatic heterocycles. The highest BCUT2D eigenvalue weighted by molar-refractivity contribution is 9.10. The second-order valence-electron chi connectivity index (χ2n) is 3.38. The molecule has 1 aromatic heterocycles. The molecular weight excluding hydrogens is 310 g/mol. The SMILES string of the molecule is CCCC(Br)CCc1c(Br)nnn1C. The molecule has 1 unspecified atom stereocenters. The summed E-state index contributed by atoms with van der Waals surface area (Å²) in [6.45, 7) is 2.20. The van der Waals surface area contributed by atoms with Crippen molar-refractivity contribution in [1.29, 1.82) is 0 Å². The Bertz CT molecular complexity index is 266.